The Bertz CT molecular complexity index is 381. The number of rotatable bonds is 5. The van der Waals surface area contributed by atoms with Crippen LogP contribution in [0, 0.1) is 0 Å². The van der Waals surface area contributed by atoms with Gasteiger partial charge in [-0.15, -0.1) is 0 Å². The van der Waals surface area contributed by atoms with Gasteiger partial charge in [-0.05, 0) is 32.4 Å². The van der Waals surface area contributed by atoms with Crippen LogP contribution in [-0.2, 0) is 0 Å². The average molecular weight is 319 g/mol. The minimum Gasteiger partial charge on any atom is -0.336 e. The van der Waals surface area contributed by atoms with Gasteiger partial charge in [0.05, 0.1) is 10.6 Å². The van der Waals surface area contributed by atoms with Gasteiger partial charge in [0.1, 0.15) is 0 Å². The maximum atomic E-state index is 12.3. The highest BCUT2D eigenvalue weighted by Gasteiger charge is 2.19. The van der Waals surface area contributed by atoms with Crippen LogP contribution in [0.25, 0.3) is 0 Å². The molecule has 0 spiro atoms. The molecule has 0 radical (unpaired) electrons. The summed E-state index contributed by atoms with van der Waals surface area (Å²) in [6, 6.07) is 7.36. The Morgan fingerprint density at radius 2 is 2.06 bits per heavy atom. The van der Waals surface area contributed by atoms with Gasteiger partial charge < -0.3 is 4.90 Å². The van der Waals surface area contributed by atoms with Crippen molar-refractivity contribution in [2.75, 3.05) is 11.9 Å². The molecule has 0 aliphatic heterocycles. The predicted molar refractivity (Wildman–Crippen MR) is 76.0 cm³/mol. The Balaban J connectivity index is 2.88. The molecule has 1 aromatic carbocycles. The number of amides is 1. The molecule has 0 N–H and O–H groups in total. The van der Waals surface area contributed by atoms with Gasteiger partial charge in [0.25, 0.3) is 5.91 Å². The van der Waals surface area contributed by atoms with E-state index in [4.69, 9.17) is 11.6 Å². The highest BCUT2D eigenvalue weighted by molar-refractivity contribution is 9.09. The van der Waals surface area contributed by atoms with E-state index in [-0.39, 0.29) is 11.9 Å². The van der Waals surface area contributed by atoms with Crippen molar-refractivity contribution < 1.29 is 4.79 Å². The molecule has 4 heteroatoms. The van der Waals surface area contributed by atoms with Crippen molar-refractivity contribution in [1.29, 1.82) is 0 Å². The van der Waals surface area contributed by atoms with Crippen molar-refractivity contribution in [3.63, 3.8) is 0 Å². The van der Waals surface area contributed by atoms with E-state index in [0.29, 0.717) is 10.6 Å². The first-order valence-corrected chi connectivity index (χ1v) is 7.19. The number of carbonyl (C=O) groups is 1. The molecular weight excluding hydrogens is 302 g/mol. The topological polar surface area (TPSA) is 20.3 Å². The third kappa shape index (κ3) is 4.00. The van der Waals surface area contributed by atoms with E-state index >= 15 is 0 Å². The summed E-state index contributed by atoms with van der Waals surface area (Å²) in [4.78, 5) is 14.2. The summed E-state index contributed by atoms with van der Waals surface area (Å²) in [6.07, 6.45) is 0.939. The molecule has 0 unspecified atom stereocenters. The van der Waals surface area contributed by atoms with Crippen LogP contribution in [0.1, 0.15) is 30.6 Å². The highest BCUT2D eigenvalue weighted by Crippen LogP contribution is 2.18. The molecule has 0 saturated heterocycles. The van der Waals surface area contributed by atoms with Crippen LogP contribution in [0.15, 0.2) is 24.3 Å². The van der Waals surface area contributed by atoms with E-state index in [1.54, 1.807) is 12.1 Å². The van der Waals surface area contributed by atoms with Crippen LogP contribution < -0.4 is 0 Å². The molecule has 0 aromatic heterocycles. The molecule has 0 bridgehead atoms. The molecule has 0 saturated carbocycles. The third-order valence-electron chi connectivity index (χ3n) is 2.52. The maximum absolute atomic E-state index is 12.3. The van der Waals surface area contributed by atoms with E-state index in [9.17, 15) is 4.79 Å². The normalized spacial score (nSPS) is 10.6. The number of halogens is 2. The molecule has 0 aliphatic rings. The van der Waals surface area contributed by atoms with Crippen molar-refractivity contribution in [2.24, 2.45) is 0 Å². The monoisotopic (exact) mass is 317 g/mol. The maximum Gasteiger partial charge on any atom is 0.255 e. The van der Waals surface area contributed by atoms with Gasteiger partial charge in [-0.1, -0.05) is 39.7 Å². The second-order valence-corrected chi connectivity index (χ2v) is 5.31. The zero-order valence-corrected chi connectivity index (χ0v) is 12.5. The second kappa shape index (κ2) is 7.02. The second-order valence-electron chi connectivity index (χ2n) is 4.11. The van der Waals surface area contributed by atoms with E-state index in [0.717, 1.165) is 18.3 Å². The lowest BCUT2D eigenvalue weighted by molar-refractivity contribution is 0.0707. The number of hydrogen-bond acceptors (Lipinski definition) is 1. The number of alkyl halides is 1. The molecular formula is C13H17BrClNO. The largest absolute Gasteiger partial charge is 0.336 e. The Kier molecular flexibility index (Phi) is 6.00. The van der Waals surface area contributed by atoms with Gasteiger partial charge in [-0.25, -0.2) is 0 Å². The highest BCUT2D eigenvalue weighted by atomic mass is 79.9. The number of carbonyl (C=O) groups excluding carboxylic acids is 1. The fraction of sp³-hybridized carbons (Fsp3) is 0.462. The van der Waals surface area contributed by atoms with Gasteiger partial charge in [0.2, 0.25) is 0 Å². The quantitative estimate of drug-likeness (QED) is 0.752. The molecule has 1 rings (SSSR count). The lowest BCUT2D eigenvalue weighted by Crippen LogP contribution is -2.38. The van der Waals surface area contributed by atoms with E-state index in [2.05, 4.69) is 15.9 Å². The predicted octanol–water partition coefficient (Wildman–Crippen LogP) is 3.98. The van der Waals surface area contributed by atoms with Crippen molar-refractivity contribution in [1.82, 2.24) is 4.90 Å². The lowest BCUT2D eigenvalue weighted by atomic mass is 10.1. The SMILES string of the molecule is CC(C)N(CCCBr)C(=O)c1ccccc1Cl. The average Bonchev–Trinajstić information content (AvgIpc) is 2.29. The van der Waals surface area contributed by atoms with E-state index in [1.807, 2.05) is 30.9 Å². The van der Waals surface area contributed by atoms with Crippen molar-refractivity contribution >= 4 is 33.4 Å². The van der Waals surface area contributed by atoms with Crippen LogP contribution in [0.2, 0.25) is 5.02 Å². The molecule has 2 nitrogen and oxygen atoms in total. The van der Waals surface area contributed by atoms with Gasteiger partial charge in [0, 0.05) is 17.9 Å². The fourth-order valence-corrected chi connectivity index (χ4v) is 2.08. The third-order valence-corrected chi connectivity index (χ3v) is 3.41. The van der Waals surface area contributed by atoms with Crippen LogP contribution in [0.3, 0.4) is 0 Å². The molecule has 94 valence electrons. The summed E-state index contributed by atoms with van der Waals surface area (Å²) in [6.45, 7) is 4.78. The number of nitrogens with zero attached hydrogens (tertiary/aromatic N) is 1. The number of benzene rings is 1. The van der Waals surface area contributed by atoms with Crippen LogP contribution in [-0.4, -0.2) is 28.7 Å². The smallest absolute Gasteiger partial charge is 0.255 e. The zero-order chi connectivity index (χ0) is 12.8. The standard InChI is InChI=1S/C13H17BrClNO/c1-10(2)16(9-5-8-14)13(17)11-6-3-4-7-12(11)15/h3-4,6-7,10H,5,8-9H2,1-2H3. The molecule has 0 aliphatic carbocycles. The molecule has 0 atom stereocenters. The lowest BCUT2D eigenvalue weighted by Gasteiger charge is -2.27. The van der Waals surface area contributed by atoms with Crippen LogP contribution >= 0.6 is 27.5 Å². The van der Waals surface area contributed by atoms with Gasteiger partial charge in [0.15, 0.2) is 0 Å². The molecule has 0 heterocycles. The first kappa shape index (κ1) is 14.5. The van der Waals surface area contributed by atoms with E-state index in [1.165, 1.54) is 0 Å². The van der Waals surface area contributed by atoms with Crippen molar-refractivity contribution in [2.45, 2.75) is 26.3 Å². The minimum atomic E-state index is 0.00606. The molecule has 1 aromatic rings. The Labute approximate surface area is 116 Å². The Morgan fingerprint density at radius 1 is 1.41 bits per heavy atom. The Hall–Kier alpha value is -0.540. The summed E-state index contributed by atoms with van der Waals surface area (Å²) in [5.74, 6) is 0.00606. The van der Waals surface area contributed by atoms with E-state index < -0.39 is 0 Å². The fourth-order valence-electron chi connectivity index (χ4n) is 1.61. The summed E-state index contributed by atoms with van der Waals surface area (Å²) in [5.41, 5.74) is 0.581. The summed E-state index contributed by atoms with van der Waals surface area (Å²) in [5, 5.41) is 1.41. The first-order valence-electron chi connectivity index (χ1n) is 5.69. The number of hydrogen-bond donors (Lipinski definition) is 0. The zero-order valence-electron chi connectivity index (χ0n) is 10.1. The van der Waals surface area contributed by atoms with Crippen LogP contribution in [0.4, 0.5) is 0 Å². The van der Waals surface area contributed by atoms with Gasteiger partial charge in [-0.3, -0.25) is 4.79 Å². The van der Waals surface area contributed by atoms with Crippen molar-refractivity contribution in [3.05, 3.63) is 34.9 Å². The Morgan fingerprint density at radius 3 is 2.59 bits per heavy atom. The minimum absolute atomic E-state index is 0.00606. The summed E-state index contributed by atoms with van der Waals surface area (Å²) < 4.78 is 0. The van der Waals surface area contributed by atoms with Gasteiger partial charge >= 0.3 is 0 Å². The van der Waals surface area contributed by atoms with Crippen molar-refractivity contribution in [3.8, 4) is 0 Å². The molecule has 17 heavy (non-hydrogen) atoms. The first-order chi connectivity index (χ1) is 8.07. The summed E-state index contributed by atoms with van der Waals surface area (Å²) in [7, 11) is 0. The molecule has 1 amide bonds. The van der Waals surface area contributed by atoms with Crippen LogP contribution in [0.5, 0.6) is 0 Å². The summed E-state index contributed by atoms with van der Waals surface area (Å²) >= 11 is 9.43. The molecule has 0 fully saturated rings. The van der Waals surface area contributed by atoms with Gasteiger partial charge in [-0.2, -0.15) is 0 Å².